The van der Waals surface area contributed by atoms with Crippen LogP contribution in [0.4, 0.5) is 5.69 Å². The van der Waals surface area contributed by atoms with Crippen molar-refractivity contribution in [3.63, 3.8) is 0 Å². The molecular formula is C7H6NNaO3S2. The van der Waals surface area contributed by atoms with E-state index in [4.69, 9.17) is 4.55 Å². The number of rotatable bonds is 2. The summed E-state index contributed by atoms with van der Waals surface area (Å²) in [6.07, 6.45) is 0. The van der Waals surface area contributed by atoms with Gasteiger partial charge < -0.3 is 1.43 Å². The van der Waals surface area contributed by atoms with Crippen molar-refractivity contribution in [1.29, 1.82) is 0 Å². The zero-order chi connectivity index (χ0) is 9.90. The van der Waals surface area contributed by atoms with Crippen molar-refractivity contribution in [2.24, 2.45) is 4.99 Å². The fraction of sp³-hybridized carbons (Fsp3) is 0. The van der Waals surface area contributed by atoms with Crippen LogP contribution in [0, 0.1) is 0 Å². The second-order valence-corrected chi connectivity index (χ2v) is 3.78. The molecule has 0 fully saturated rings. The summed E-state index contributed by atoms with van der Waals surface area (Å²) in [7, 11) is -4.12. The van der Waals surface area contributed by atoms with Crippen LogP contribution in [0.1, 0.15) is 1.43 Å². The van der Waals surface area contributed by atoms with Gasteiger partial charge in [-0.2, -0.15) is 13.4 Å². The second kappa shape index (κ2) is 5.72. The van der Waals surface area contributed by atoms with Crippen LogP contribution in [0.15, 0.2) is 34.2 Å². The van der Waals surface area contributed by atoms with E-state index >= 15 is 0 Å². The molecule has 70 valence electrons. The maximum atomic E-state index is 10.6. The van der Waals surface area contributed by atoms with Gasteiger partial charge in [0.25, 0.3) is 10.1 Å². The van der Waals surface area contributed by atoms with E-state index < -0.39 is 10.1 Å². The van der Waals surface area contributed by atoms with Gasteiger partial charge in [0.15, 0.2) is 0 Å². The molecular weight excluding hydrogens is 233 g/mol. The van der Waals surface area contributed by atoms with Crippen LogP contribution in [-0.2, 0) is 10.1 Å². The third kappa shape index (κ3) is 3.98. The van der Waals surface area contributed by atoms with Crippen molar-refractivity contribution in [1.82, 2.24) is 0 Å². The molecule has 14 heavy (non-hydrogen) atoms. The predicted molar refractivity (Wildman–Crippen MR) is 52.1 cm³/mol. The van der Waals surface area contributed by atoms with Crippen LogP contribution < -0.4 is 29.6 Å². The summed E-state index contributed by atoms with van der Waals surface area (Å²) in [4.78, 5) is 3.45. The Hall–Kier alpha value is -0.0700. The van der Waals surface area contributed by atoms with E-state index in [1.54, 1.807) is 0 Å². The molecule has 0 aliphatic carbocycles. The third-order valence-electron chi connectivity index (χ3n) is 1.31. The monoisotopic (exact) mass is 239 g/mol. The van der Waals surface area contributed by atoms with Crippen LogP contribution in [0.2, 0.25) is 0 Å². The molecule has 0 bridgehead atoms. The van der Waals surface area contributed by atoms with Crippen molar-refractivity contribution in [2.75, 3.05) is 0 Å². The third-order valence-corrected chi connectivity index (χ3v) is 2.27. The summed E-state index contributed by atoms with van der Waals surface area (Å²) >= 11 is 4.36. The molecule has 0 aromatic heterocycles. The number of hydrogen-bond acceptors (Lipinski definition) is 4. The largest absolute Gasteiger partial charge is 1.00 e. The van der Waals surface area contributed by atoms with E-state index in [0.29, 0.717) is 5.69 Å². The molecule has 0 aliphatic rings. The first-order valence-electron chi connectivity index (χ1n) is 3.19. The minimum Gasteiger partial charge on any atom is -1.00 e. The van der Waals surface area contributed by atoms with Gasteiger partial charge in [0.05, 0.1) is 15.7 Å². The molecule has 0 saturated carbocycles. The number of aliphatic imine (C=N–C) groups is 1. The normalized spacial score (nSPS) is 9.79. The molecule has 0 amide bonds. The van der Waals surface area contributed by atoms with Crippen molar-refractivity contribution in [3.8, 4) is 0 Å². The molecule has 0 aliphatic heterocycles. The van der Waals surface area contributed by atoms with Crippen LogP contribution in [0.25, 0.3) is 0 Å². The van der Waals surface area contributed by atoms with E-state index in [0.717, 1.165) is 0 Å². The fourth-order valence-corrected chi connectivity index (χ4v) is 1.33. The Morgan fingerprint density at radius 2 is 1.86 bits per heavy atom. The van der Waals surface area contributed by atoms with Crippen LogP contribution in [-0.4, -0.2) is 18.1 Å². The molecule has 0 heterocycles. The van der Waals surface area contributed by atoms with Gasteiger partial charge in [-0.1, -0.05) is 0 Å². The van der Waals surface area contributed by atoms with E-state index in [2.05, 4.69) is 22.4 Å². The van der Waals surface area contributed by atoms with E-state index in [1.165, 1.54) is 24.3 Å². The summed E-state index contributed by atoms with van der Waals surface area (Å²) in [6, 6.07) is 5.31. The molecule has 0 spiro atoms. The molecule has 0 radical (unpaired) electrons. The maximum Gasteiger partial charge on any atom is 1.00 e. The van der Waals surface area contributed by atoms with Crippen LogP contribution in [0.5, 0.6) is 0 Å². The van der Waals surface area contributed by atoms with Gasteiger partial charge in [-0.15, -0.1) is 0 Å². The van der Waals surface area contributed by atoms with Crippen molar-refractivity contribution < 1.29 is 44.0 Å². The minimum atomic E-state index is -4.12. The standard InChI is InChI=1S/C7H5NO3S2.Na.H/c9-13(10,11)7-3-1-6(2-4-7)8-5-12;;/h1-4H,(H,9,10,11);;/q;+1;-1. The fourth-order valence-electron chi connectivity index (χ4n) is 0.745. The van der Waals surface area contributed by atoms with Crippen molar-refractivity contribution in [2.45, 2.75) is 4.90 Å². The van der Waals surface area contributed by atoms with Gasteiger partial charge in [-0.05, 0) is 36.5 Å². The Bertz CT molecular complexity index is 454. The topological polar surface area (TPSA) is 66.7 Å². The molecule has 0 saturated heterocycles. The SMILES string of the molecule is O=S(=O)(O)c1ccc(N=C=S)cc1.[H-].[Na+]. The van der Waals surface area contributed by atoms with Crippen molar-refractivity contribution >= 4 is 33.2 Å². The molecule has 1 N–H and O–H groups in total. The molecule has 1 rings (SSSR count). The number of benzene rings is 1. The van der Waals surface area contributed by atoms with Gasteiger partial charge in [0, 0.05) is 0 Å². The first kappa shape index (κ1) is 13.9. The predicted octanol–water partition coefficient (Wildman–Crippen LogP) is -1.22. The first-order valence-corrected chi connectivity index (χ1v) is 5.04. The molecule has 4 nitrogen and oxygen atoms in total. The number of nitrogens with zero attached hydrogens (tertiary/aromatic N) is 1. The average Bonchev–Trinajstić information content (AvgIpc) is 2.04. The summed E-state index contributed by atoms with van der Waals surface area (Å²) in [5.41, 5.74) is 0.488. The summed E-state index contributed by atoms with van der Waals surface area (Å²) < 4.78 is 29.8. The van der Waals surface area contributed by atoms with Gasteiger partial charge in [-0.3, -0.25) is 4.55 Å². The summed E-state index contributed by atoms with van der Waals surface area (Å²) in [6.45, 7) is 0. The summed E-state index contributed by atoms with van der Waals surface area (Å²) in [5.74, 6) is 0. The number of hydrogen-bond donors (Lipinski definition) is 1. The second-order valence-electron chi connectivity index (χ2n) is 2.17. The zero-order valence-electron chi connectivity index (χ0n) is 8.34. The first-order chi connectivity index (χ1) is 6.04. The average molecular weight is 239 g/mol. The van der Waals surface area contributed by atoms with Gasteiger partial charge in [0.2, 0.25) is 0 Å². The van der Waals surface area contributed by atoms with Gasteiger partial charge >= 0.3 is 29.6 Å². The van der Waals surface area contributed by atoms with E-state index in [1.807, 2.05) is 0 Å². The Kier molecular flexibility index (Phi) is 5.70. The minimum absolute atomic E-state index is 0. The van der Waals surface area contributed by atoms with E-state index in [9.17, 15) is 8.42 Å². The molecule has 0 unspecified atom stereocenters. The van der Waals surface area contributed by atoms with Crippen LogP contribution >= 0.6 is 12.2 Å². The number of isothiocyanates is 1. The summed E-state index contributed by atoms with van der Waals surface area (Å²) in [5, 5.41) is 2.14. The van der Waals surface area contributed by atoms with Crippen LogP contribution in [0.3, 0.4) is 0 Å². The van der Waals surface area contributed by atoms with Gasteiger partial charge in [0.1, 0.15) is 0 Å². The number of thiocarbonyl (C=S) groups is 1. The Morgan fingerprint density at radius 3 is 2.21 bits per heavy atom. The maximum absolute atomic E-state index is 10.6. The zero-order valence-corrected chi connectivity index (χ0v) is 11.0. The molecule has 0 atom stereocenters. The molecule has 7 heteroatoms. The van der Waals surface area contributed by atoms with E-state index in [-0.39, 0.29) is 35.9 Å². The van der Waals surface area contributed by atoms with Gasteiger partial charge in [-0.25, -0.2) is 0 Å². The van der Waals surface area contributed by atoms with Crippen molar-refractivity contribution in [3.05, 3.63) is 24.3 Å². The molecule has 1 aromatic carbocycles. The Morgan fingerprint density at radius 1 is 1.36 bits per heavy atom. The molecule has 1 aromatic rings. The smallest absolute Gasteiger partial charge is 1.00 e. The quantitative estimate of drug-likeness (QED) is 0.304. The Labute approximate surface area is 111 Å². The Balaban J connectivity index is 0.